The zero-order chi connectivity index (χ0) is 17.8. The van der Waals surface area contributed by atoms with Gasteiger partial charge in [-0.3, -0.25) is 14.9 Å². The van der Waals surface area contributed by atoms with Crippen LogP contribution in [-0.4, -0.2) is 49.5 Å². The van der Waals surface area contributed by atoms with Gasteiger partial charge in [-0.15, -0.1) is 0 Å². The summed E-state index contributed by atoms with van der Waals surface area (Å²) in [7, 11) is 1.78. The number of aromatic nitrogens is 5. The van der Waals surface area contributed by atoms with Gasteiger partial charge in [0.05, 0.1) is 11.3 Å². The van der Waals surface area contributed by atoms with E-state index in [1.807, 2.05) is 26.0 Å². The molecular weight excluding hydrogens is 316 g/mol. The molecule has 1 amide bonds. The second kappa shape index (κ2) is 7.21. The molecule has 0 saturated carbocycles. The van der Waals surface area contributed by atoms with Gasteiger partial charge in [0.2, 0.25) is 0 Å². The number of carbonyl (C=O) groups excluding carboxylic acids is 1. The number of hydrogen-bond donors (Lipinski definition) is 1. The molecule has 0 atom stereocenters. The van der Waals surface area contributed by atoms with Crippen LogP contribution in [0.1, 0.15) is 27.3 Å². The molecule has 1 N–H and O–H groups in total. The Labute approximate surface area is 146 Å². The van der Waals surface area contributed by atoms with E-state index in [2.05, 4.69) is 25.1 Å². The lowest BCUT2D eigenvalue weighted by Gasteiger charge is -2.17. The van der Waals surface area contributed by atoms with Crippen molar-refractivity contribution in [1.82, 2.24) is 30.0 Å². The number of carbonyl (C=O) groups is 1. The van der Waals surface area contributed by atoms with Crippen molar-refractivity contribution in [3.8, 4) is 11.4 Å². The molecule has 3 aromatic rings. The van der Waals surface area contributed by atoms with E-state index in [1.165, 1.54) is 0 Å². The summed E-state index contributed by atoms with van der Waals surface area (Å²) in [6.07, 6.45) is 7.26. The SMILES string of the molecule is Cc1n[nH]c(C)c1CCN(C)C(=O)c1cnc(-c2cccnc2)nc1. The fourth-order valence-corrected chi connectivity index (χ4v) is 2.63. The second-order valence-corrected chi connectivity index (χ2v) is 5.93. The summed E-state index contributed by atoms with van der Waals surface area (Å²) in [4.78, 5) is 26.8. The van der Waals surface area contributed by atoms with Gasteiger partial charge in [0.15, 0.2) is 5.82 Å². The minimum atomic E-state index is -0.100. The smallest absolute Gasteiger partial charge is 0.256 e. The molecule has 128 valence electrons. The van der Waals surface area contributed by atoms with Crippen molar-refractivity contribution in [1.29, 1.82) is 0 Å². The molecule has 0 bridgehead atoms. The van der Waals surface area contributed by atoms with Gasteiger partial charge < -0.3 is 4.90 Å². The van der Waals surface area contributed by atoms with Crippen molar-refractivity contribution < 1.29 is 4.79 Å². The highest BCUT2D eigenvalue weighted by atomic mass is 16.2. The summed E-state index contributed by atoms with van der Waals surface area (Å²) >= 11 is 0. The molecule has 0 saturated heterocycles. The number of nitrogens with zero attached hydrogens (tertiary/aromatic N) is 5. The molecule has 0 aromatic carbocycles. The van der Waals surface area contributed by atoms with Crippen LogP contribution in [0.4, 0.5) is 0 Å². The van der Waals surface area contributed by atoms with E-state index in [0.29, 0.717) is 17.9 Å². The van der Waals surface area contributed by atoms with Crippen LogP contribution in [0.25, 0.3) is 11.4 Å². The molecule has 0 unspecified atom stereocenters. The average molecular weight is 336 g/mol. The average Bonchev–Trinajstić information content (AvgIpc) is 2.98. The van der Waals surface area contributed by atoms with E-state index in [0.717, 1.165) is 28.9 Å². The van der Waals surface area contributed by atoms with Gasteiger partial charge in [0.25, 0.3) is 5.91 Å². The zero-order valence-corrected chi connectivity index (χ0v) is 14.5. The maximum absolute atomic E-state index is 12.5. The van der Waals surface area contributed by atoms with Crippen molar-refractivity contribution in [2.75, 3.05) is 13.6 Å². The van der Waals surface area contributed by atoms with Crippen LogP contribution in [-0.2, 0) is 6.42 Å². The number of H-pyrrole nitrogens is 1. The van der Waals surface area contributed by atoms with Crippen molar-refractivity contribution in [3.63, 3.8) is 0 Å². The number of amides is 1. The monoisotopic (exact) mass is 336 g/mol. The van der Waals surface area contributed by atoms with Crippen LogP contribution in [0.5, 0.6) is 0 Å². The third-order valence-electron chi connectivity index (χ3n) is 4.14. The Hall–Kier alpha value is -3.09. The van der Waals surface area contributed by atoms with E-state index in [1.54, 1.807) is 36.7 Å². The van der Waals surface area contributed by atoms with E-state index in [-0.39, 0.29) is 5.91 Å². The molecule has 7 heteroatoms. The summed E-state index contributed by atoms with van der Waals surface area (Å²) in [5, 5.41) is 7.15. The predicted octanol–water partition coefficient (Wildman–Crippen LogP) is 2.19. The molecule has 0 fully saturated rings. The van der Waals surface area contributed by atoms with Crippen LogP contribution >= 0.6 is 0 Å². The topological polar surface area (TPSA) is 87.7 Å². The van der Waals surface area contributed by atoms with E-state index in [4.69, 9.17) is 0 Å². The van der Waals surface area contributed by atoms with Gasteiger partial charge in [-0.05, 0) is 38.0 Å². The van der Waals surface area contributed by atoms with Gasteiger partial charge in [-0.2, -0.15) is 5.10 Å². The number of aromatic amines is 1. The van der Waals surface area contributed by atoms with Gasteiger partial charge >= 0.3 is 0 Å². The fraction of sp³-hybridized carbons (Fsp3) is 0.278. The number of nitrogens with one attached hydrogen (secondary N) is 1. The second-order valence-electron chi connectivity index (χ2n) is 5.93. The Kier molecular flexibility index (Phi) is 4.83. The molecule has 0 aliphatic rings. The number of pyridine rings is 1. The lowest BCUT2D eigenvalue weighted by molar-refractivity contribution is 0.0795. The first-order chi connectivity index (χ1) is 12.1. The Morgan fingerprint density at radius 3 is 2.56 bits per heavy atom. The van der Waals surface area contributed by atoms with Crippen LogP contribution in [0, 0.1) is 13.8 Å². The number of hydrogen-bond acceptors (Lipinski definition) is 5. The van der Waals surface area contributed by atoms with Crippen molar-refractivity contribution in [2.24, 2.45) is 0 Å². The molecule has 0 aliphatic carbocycles. The normalized spacial score (nSPS) is 10.7. The Bertz CT molecular complexity index is 838. The largest absolute Gasteiger partial charge is 0.341 e. The summed E-state index contributed by atoms with van der Waals surface area (Å²) in [5.41, 5.74) is 4.46. The Morgan fingerprint density at radius 1 is 1.20 bits per heavy atom. The Morgan fingerprint density at radius 2 is 1.96 bits per heavy atom. The van der Waals surface area contributed by atoms with Crippen molar-refractivity contribution in [3.05, 3.63) is 59.4 Å². The maximum Gasteiger partial charge on any atom is 0.256 e. The van der Waals surface area contributed by atoms with E-state index < -0.39 is 0 Å². The van der Waals surface area contributed by atoms with Crippen molar-refractivity contribution >= 4 is 5.91 Å². The first kappa shape index (κ1) is 16.8. The van der Waals surface area contributed by atoms with Gasteiger partial charge in [0, 0.05) is 49.6 Å². The summed E-state index contributed by atoms with van der Waals surface area (Å²) in [6.45, 7) is 4.55. The minimum absolute atomic E-state index is 0.100. The molecule has 25 heavy (non-hydrogen) atoms. The van der Waals surface area contributed by atoms with Crippen LogP contribution in [0.2, 0.25) is 0 Å². The van der Waals surface area contributed by atoms with E-state index in [9.17, 15) is 4.79 Å². The highest BCUT2D eigenvalue weighted by molar-refractivity contribution is 5.93. The molecule has 3 aromatic heterocycles. The summed E-state index contributed by atoms with van der Waals surface area (Å²) in [6, 6.07) is 3.71. The number of aryl methyl sites for hydroxylation is 2. The maximum atomic E-state index is 12.5. The molecular formula is C18H20N6O. The minimum Gasteiger partial charge on any atom is -0.341 e. The third kappa shape index (κ3) is 3.71. The van der Waals surface area contributed by atoms with Gasteiger partial charge in [-0.25, -0.2) is 9.97 Å². The lowest BCUT2D eigenvalue weighted by atomic mass is 10.1. The lowest BCUT2D eigenvalue weighted by Crippen LogP contribution is -2.29. The molecule has 0 spiro atoms. The number of likely N-dealkylation sites (N-methyl/N-ethyl adjacent to an activating group) is 1. The van der Waals surface area contributed by atoms with Crippen LogP contribution < -0.4 is 0 Å². The fourth-order valence-electron chi connectivity index (χ4n) is 2.63. The predicted molar refractivity (Wildman–Crippen MR) is 94.0 cm³/mol. The zero-order valence-electron chi connectivity index (χ0n) is 14.5. The van der Waals surface area contributed by atoms with Crippen LogP contribution in [0.15, 0.2) is 36.9 Å². The summed E-state index contributed by atoms with van der Waals surface area (Å²) < 4.78 is 0. The quantitative estimate of drug-likeness (QED) is 0.771. The highest BCUT2D eigenvalue weighted by Gasteiger charge is 2.15. The first-order valence-corrected chi connectivity index (χ1v) is 8.04. The van der Waals surface area contributed by atoms with Crippen LogP contribution in [0.3, 0.4) is 0 Å². The molecule has 0 aliphatic heterocycles. The molecule has 0 radical (unpaired) electrons. The molecule has 3 heterocycles. The summed E-state index contributed by atoms with van der Waals surface area (Å²) in [5.74, 6) is 0.452. The highest BCUT2D eigenvalue weighted by Crippen LogP contribution is 2.14. The first-order valence-electron chi connectivity index (χ1n) is 8.04. The standard InChI is InChI=1S/C18H20N6O/c1-12-16(13(2)23-22-12)6-8-24(3)18(25)15-10-20-17(21-11-15)14-5-4-7-19-9-14/h4-5,7,9-11H,6,8H2,1-3H3,(H,22,23). The molecule has 7 nitrogen and oxygen atoms in total. The molecule has 3 rings (SSSR count). The van der Waals surface area contributed by atoms with E-state index >= 15 is 0 Å². The third-order valence-corrected chi connectivity index (χ3v) is 4.14. The number of rotatable bonds is 5. The van der Waals surface area contributed by atoms with Gasteiger partial charge in [0.1, 0.15) is 0 Å². The van der Waals surface area contributed by atoms with Crippen molar-refractivity contribution in [2.45, 2.75) is 20.3 Å². The van der Waals surface area contributed by atoms with Gasteiger partial charge in [-0.1, -0.05) is 0 Å². The Balaban J connectivity index is 1.66.